The second kappa shape index (κ2) is 7.25. The molecule has 0 unspecified atom stereocenters. The molecule has 2 aliphatic rings. The summed E-state index contributed by atoms with van der Waals surface area (Å²) in [5.74, 6) is 0. The average Bonchev–Trinajstić information content (AvgIpc) is 2.37. The average molecular weight is 227 g/mol. The first-order valence-corrected chi connectivity index (χ1v) is 6.88. The highest BCUT2D eigenvalue weighted by Gasteiger charge is 2.15. The molecule has 1 aliphatic heterocycles. The minimum Gasteiger partial charge on any atom is -0.381 e. The van der Waals surface area contributed by atoms with E-state index in [-0.39, 0.29) is 0 Å². The molecule has 1 aliphatic carbocycles. The quantitative estimate of drug-likeness (QED) is 0.730. The fraction of sp³-hybridized carbons (Fsp3) is 1.00. The molecule has 0 aromatic rings. The van der Waals surface area contributed by atoms with Crippen molar-refractivity contribution in [1.29, 1.82) is 0 Å². The monoisotopic (exact) mass is 227 g/mol. The van der Waals surface area contributed by atoms with Gasteiger partial charge in [0, 0.05) is 25.8 Å². The summed E-state index contributed by atoms with van der Waals surface area (Å²) in [5.41, 5.74) is 0. The Labute approximate surface area is 98.9 Å². The molecule has 0 spiro atoms. The standard InChI is InChI=1S/C13H25NO2/c1-2-4-12(5-3-1)14-8-11-16-13-6-9-15-10-7-13/h12-14H,1-11H2. The topological polar surface area (TPSA) is 30.5 Å². The van der Waals surface area contributed by atoms with Crippen molar-refractivity contribution in [3.05, 3.63) is 0 Å². The van der Waals surface area contributed by atoms with Gasteiger partial charge in [0.05, 0.1) is 12.7 Å². The third-order valence-electron chi connectivity index (χ3n) is 3.66. The molecule has 0 amide bonds. The van der Waals surface area contributed by atoms with Gasteiger partial charge in [0.2, 0.25) is 0 Å². The Kier molecular flexibility index (Phi) is 5.59. The van der Waals surface area contributed by atoms with E-state index in [9.17, 15) is 0 Å². The maximum atomic E-state index is 5.83. The summed E-state index contributed by atoms with van der Waals surface area (Å²) in [6.07, 6.45) is 9.54. The fourth-order valence-corrected chi connectivity index (χ4v) is 2.64. The maximum Gasteiger partial charge on any atom is 0.0619 e. The van der Waals surface area contributed by atoms with Crippen LogP contribution in [-0.4, -0.2) is 38.5 Å². The van der Waals surface area contributed by atoms with Crippen LogP contribution in [0.25, 0.3) is 0 Å². The van der Waals surface area contributed by atoms with Crippen molar-refractivity contribution in [1.82, 2.24) is 5.32 Å². The van der Waals surface area contributed by atoms with Crippen LogP contribution in [-0.2, 0) is 9.47 Å². The molecule has 1 saturated heterocycles. The van der Waals surface area contributed by atoms with Gasteiger partial charge in [-0.2, -0.15) is 0 Å². The molecule has 0 radical (unpaired) electrons. The minimum absolute atomic E-state index is 0.446. The zero-order valence-electron chi connectivity index (χ0n) is 10.2. The van der Waals surface area contributed by atoms with E-state index in [1.807, 2.05) is 0 Å². The highest BCUT2D eigenvalue weighted by molar-refractivity contribution is 4.71. The second-order valence-corrected chi connectivity index (χ2v) is 4.97. The molecule has 2 rings (SSSR count). The molecule has 1 saturated carbocycles. The fourth-order valence-electron chi connectivity index (χ4n) is 2.64. The maximum absolute atomic E-state index is 5.83. The Morgan fingerprint density at radius 3 is 2.50 bits per heavy atom. The normalized spacial score (nSPS) is 24.8. The van der Waals surface area contributed by atoms with Crippen LogP contribution in [0, 0.1) is 0 Å². The molecular formula is C13H25NO2. The van der Waals surface area contributed by atoms with Crippen LogP contribution in [0.2, 0.25) is 0 Å². The van der Waals surface area contributed by atoms with E-state index in [1.54, 1.807) is 0 Å². The van der Waals surface area contributed by atoms with Crippen molar-refractivity contribution in [2.24, 2.45) is 0 Å². The van der Waals surface area contributed by atoms with Gasteiger partial charge in [-0.25, -0.2) is 0 Å². The summed E-state index contributed by atoms with van der Waals surface area (Å²) in [7, 11) is 0. The Morgan fingerprint density at radius 2 is 1.75 bits per heavy atom. The van der Waals surface area contributed by atoms with Gasteiger partial charge in [-0.05, 0) is 25.7 Å². The Balaban J connectivity index is 1.47. The van der Waals surface area contributed by atoms with Gasteiger partial charge in [-0.1, -0.05) is 19.3 Å². The van der Waals surface area contributed by atoms with E-state index < -0.39 is 0 Å². The van der Waals surface area contributed by atoms with Gasteiger partial charge < -0.3 is 14.8 Å². The zero-order chi connectivity index (χ0) is 11.1. The van der Waals surface area contributed by atoms with Crippen LogP contribution in [0.15, 0.2) is 0 Å². The van der Waals surface area contributed by atoms with Gasteiger partial charge in [0.25, 0.3) is 0 Å². The lowest BCUT2D eigenvalue weighted by molar-refractivity contribution is -0.0310. The third-order valence-corrected chi connectivity index (χ3v) is 3.66. The summed E-state index contributed by atoms with van der Waals surface area (Å²) in [6, 6.07) is 0.757. The molecule has 0 atom stereocenters. The van der Waals surface area contributed by atoms with E-state index in [1.165, 1.54) is 32.1 Å². The third kappa shape index (κ3) is 4.40. The van der Waals surface area contributed by atoms with Crippen molar-refractivity contribution < 1.29 is 9.47 Å². The molecule has 2 fully saturated rings. The predicted molar refractivity (Wildman–Crippen MR) is 64.7 cm³/mol. The highest BCUT2D eigenvalue weighted by atomic mass is 16.5. The van der Waals surface area contributed by atoms with Gasteiger partial charge in [0.15, 0.2) is 0 Å². The molecule has 3 heteroatoms. The van der Waals surface area contributed by atoms with Crippen LogP contribution in [0.5, 0.6) is 0 Å². The van der Waals surface area contributed by atoms with Crippen molar-refractivity contribution in [2.75, 3.05) is 26.4 Å². The van der Waals surface area contributed by atoms with Crippen molar-refractivity contribution >= 4 is 0 Å². The Bertz CT molecular complexity index is 155. The summed E-state index contributed by atoms with van der Waals surface area (Å²) < 4.78 is 11.1. The van der Waals surface area contributed by atoms with Gasteiger partial charge in [-0.3, -0.25) is 0 Å². The molecule has 0 bridgehead atoms. The summed E-state index contributed by atoms with van der Waals surface area (Å²) >= 11 is 0. The van der Waals surface area contributed by atoms with E-state index >= 15 is 0 Å². The van der Waals surface area contributed by atoms with Crippen molar-refractivity contribution in [3.63, 3.8) is 0 Å². The molecule has 3 nitrogen and oxygen atoms in total. The van der Waals surface area contributed by atoms with E-state index in [2.05, 4.69) is 5.32 Å². The molecular weight excluding hydrogens is 202 g/mol. The summed E-state index contributed by atoms with van der Waals surface area (Å²) in [6.45, 7) is 3.63. The number of hydrogen-bond acceptors (Lipinski definition) is 3. The Hall–Kier alpha value is -0.120. The minimum atomic E-state index is 0.446. The van der Waals surface area contributed by atoms with Crippen molar-refractivity contribution in [3.8, 4) is 0 Å². The van der Waals surface area contributed by atoms with Crippen LogP contribution in [0.3, 0.4) is 0 Å². The molecule has 1 heterocycles. The lowest BCUT2D eigenvalue weighted by Gasteiger charge is -2.25. The molecule has 1 N–H and O–H groups in total. The Morgan fingerprint density at radius 1 is 1.00 bits per heavy atom. The SMILES string of the molecule is C1CCC(NCCOC2CCOCC2)CC1. The summed E-state index contributed by atoms with van der Waals surface area (Å²) in [4.78, 5) is 0. The van der Waals surface area contributed by atoms with Gasteiger partial charge in [0.1, 0.15) is 0 Å². The lowest BCUT2D eigenvalue weighted by Crippen LogP contribution is -2.35. The first-order chi connectivity index (χ1) is 7.95. The molecule has 0 aromatic heterocycles. The molecule has 16 heavy (non-hydrogen) atoms. The molecule has 0 aromatic carbocycles. The number of hydrogen-bond donors (Lipinski definition) is 1. The molecule has 94 valence electrons. The highest BCUT2D eigenvalue weighted by Crippen LogP contribution is 2.17. The largest absolute Gasteiger partial charge is 0.381 e. The summed E-state index contributed by atoms with van der Waals surface area (Å²) in [5, 5.41) is 3.60. The smallest absolute Gasteiger partial charge is 0.0619 e. The van der Waals surface area contributed by atoms with E-state index in [4.69, 9.17) is 9.47 Å². The number of nitrogens with one attached hydrogen (secondary N) is 1. The van der Waals surface area contributed by atoms with Gasteiger partial charge in [-0.15, -0.1) is 0 Å². The van der Waals surface area contributed by atoms with Crippen LogP contribution >= 0.6 is 0 Å². The lowest BCUT2D eigenvalue weighted by atomic mass is 9.96. The van der Waals surface area contributed by atoms with Crippen molar-refractivity contribution in [2.45, 2.75) is 57.1 Å². The first kappa shape index (κ1) is 12.3. The second-order valence-electron chi connectivity index (χ2n) is 4.97. The first-order valence-electron chi connectivity index (χ1n) is 6.88. The van der Waals surface area contributed by atoms with E-state index in [0.29, 0.717) is 6.10 Å². The van der Waals surface area contributed by atoms with Crippen LogP contribution in [0.1, 0.15) is 44.9 Å². The number of ether oxygens (including phenoxy) is 2. The van der Waals surface area contributed by atoms with Gasteiger partial charge >= 0.3 is 0 Å². The zero-order valence-corrected chi connectivity index (χ0v) is 10.2. The number of rotatable bonds is 5. The van der Waals surface area contributed by atoms with Crippen LogP contribution < -0.4 is 5.32 Å². The van der Waals surface area contributed by atoms with Crippen LogP contribution in [0.4, 0.5) is 0 Å². The van der Waals surface area contributed by atoms with E-state index in [0.717, 1.165) is 45.2 Å². The predicted octanol–water partition coefficient (Wildman–Crippen LogP) is 2.10.